The summed E-state index contributed by atoms with van der Waals surface area (Å²) in [7, 11) is 0. The van der Waals surface area contributed by atoms with E-state index in [1.807, 2.05) is 12.1 Å². The van der Waals surface area contributed by atoms with Crippen molar-refractivity contribution in [1.82, 2.24) is 15.5 Å². The Bertz CT molecular complexity index is 629. The Kier molecular flexibility index (Phi) is 4.48. The van der Waals surface area contributed by atoms with Crippen LogP contribution >= 0.6 is 23.2 Å². The second kappa shape index (κ2) is 6.34. The first-order chi connectivity index (χ1) is 10.1. The van der Waals surface area contributed by atoms with Gasteiger partial charge in [-0.3, -0.25) is 0 Å². The van der Waals surface area contributed by atoms with E-state index in [2.05, 4.69) is 22.4 Å². The highest BCUT2D eigenvalue weighted by molar-refractivity contribution is 6.42. The lowest BCUT2D eigenvalue weighted by Crippen LogP contribution is -2.33. The van der Waals surface area contributed by atoms with E-state index in [0.717, 1.165) is 12.1 Å². The van der Waals surface area contributed by atoms with Gasteiger partial charge >= 0.3 is 0 Å². The van der Waals surface area contributed by atoms with E-state index < -0.39 is 0 Å². The molecule has 112 valence electrons. The molecular formula is C15H17Cl2N3O. The fourth-order valence-electron chi connectivity index (χ4n) is 2.68. The Morgan fingerprint density at radius 1 is 1.33 bits per heavy atom. The number of nitrogens with zero attached hydrogens (tertiary/aromatic N) is 2. The maximum absolute atomic E-state index is 6.02. The molecule has 6 heteroatoms. The molecule has 2 atom stereocenters. The number of nitrogens with one attached hydrogen (secondary N) is 1. The molecule has 3 rings (SSSR count). The third-order valence-corrected chi connectivity index (χ3v) is 4.60. The molecule has 2 heterocycles. The molecule has 0 amide bonds. The molecule has 1 N–H and O–H groups in total. The summed E-state index contributed by atoms with van der Waals surface area (Å²) in [5, 5.41) is 8.61. The van der Waals surface area contributed by atoms with Gasteiger partial charge in [0, 0.05) is 6.42 Å². The van der Waals surface area contributed by atoms with Gasteiger partial charge in [-0.05, 0) is 43.0 Å². The van der Waals surface area contributed by atoms with Crippen LogP contribution in [-0.4, -0.2) is 16.7 Å². The molecule has 0 saturated carbocycles. The normalized spacial score (nSPS) is 22.4. The molecule has 1 aromatic carbocycles. The molecule has 0 radical (unpaired) electrons. The Morgan fingerprint density at radius 2 is 2.19 bits per heavy atom. The van der Waals surface area contributed by atoms with Gasteiger partial charge < -0.3 is 9.84 Å². The summed E-state index contributed by atoms with van der Waals surface area (Å²) in [6, 6.07) is 5.70. The van der Waals surface area contributed by atoms with Crippen LogP contribution < -0.4 is 5.32 Å². The van der Waals surface area contributed by atoms with Crippen LogP contribution in [0, 0.1) is 5.92 Å². The van der Waals surface area contributed by atoms with Gasteiger partial charge in [-0.1, -0.05) is 41.3 Å². The Hall–Kier alpha value is -1.10. The van der Waals surface area contributed by atoms with Gasteiger partial charge in [0.05, 0.1) is 16.1 Å². The van der Waals surface area contributed by atoms with Crippen molar-refractivity contribution in [2.75, 3.05) is 6.54 Å². The van der Waals surface area contributed by atoms with Crippen LogP contribution in [-0.2, 0) is 6.42 Å². The lowest BCUT2D eigenvalue weighted by atomic mass is 9.93. The third-order valence-electron chi connectivity index (χ3n) is 3.87. The molecule has 1 aromatic heterocycles. The van der Waals surface area contributed by atoms with E-state index >= 15 is 0 Å². The van der Waals surface area contributed by atoms with Crippen molar-refractivity contribution in [3.8, 4) is 0 Å². The fraction of sp³-hybridized carbons (Fsp3) is 0.467. The summed E-state index contributed by atoms with van der Waals surface area (Å²) >= 11 is 11.9. The number of aromatic nitrogens is 2. The highest BCUT2D eigenvalue weighted by Gasteiger charge is 2.27. The average molecular weight is 326 g/mol. The van der Waals surface area contributed by atoms with Crippen LogP contribution in [0.1, 0.15) is 43.1 Å². The minimum Gasteiger partial charge on any atom is -0.338 e. The van der Waals surface area contributed by atoms with Crippen LogP contribution in [0.25, 0.3) is 0 Å². The Balaban J connectivity index is 1.74. The summed E-state index contributed by atoms with van der Waals surface area (Å²) < 4.78 is 5.42. The average Bonchev–Trinajstić information content (AvgIpc) is 2.92. The minimum absolute atomic E-state index is 0.161. The number of benzene rings is 1. The van der Waals surface area contributed by atoms with Crippen molar-refractivity contribution in [3.05, 3.63) is 45.5 Å². The zero-order chi connectivity index (χ0) is 14.8. The summed E-state index contributed by atoms with van der Waals surface area (Å²) in [6.45, 7) is 3.21. The highest BCUT2D eigenvalue weighted by atomic mass is 35.5. The van der Waals surface area contributed by atoms with Crippen LogP contribution in [0.3, 0.4) is 0 Å². The van der Waals surface area contributed by atoms with E-state index in [-0.39, 0.29) is 6.04 Å². The van der Waals surface area contributed by atoms with E-state index in [1.165, 1.54) is 12.8 Å². The number of piperidine rings is 1. The molecule has 0 spiro atoms. The van der Waals surface area contributed by atoms with E-state index in [9.17, 15) is 0 Å². The molecule has 0 bridgehead atoms. The first-order valence-electron chi connectivity index (χ1n) is 7.13. The third kappa shape index (κ3) is 3.39. The number of rotatable bonds is 3. The van der Waals surface area contributed by atoms with Crippen molar-refractivity contribution >= 4 is 23.2 Å². The molecule has 4 nitrogen and oxygen atoms in total. The molecule has 0 aliphatic carbocycles. The second-order valence-corrected chi connectivity index (χ2v) is 6.34. The first kappa shape index (κ1) is 14.8. The Morgan fingerprint density at radius 3 is 2.95 bits per heavy atom. The van der Waals surface area contributed by atoms with Gasteiger partial charge in [0.2, 0.25) is 5.89 Å². The predicted octanol–water partition coefficient (Wildman–Crippen LogP) is 4.03. The standard InChI is InChI=1S/C15H17Cl2N3O/c1-9-3-2-6-18-14(9)15-19-13(20-21-15)8-10-4-5-11(16)12(17)7-10/h4-5,7,9,14,18H,2-3,6,8H2,1H3. The zero-order valence-electron chi connectivity index (χ0n) is 11.8. The lowest BCUT2D eigenvalue weighted by Gasteiger charge is -2.26. The van der Waals surface area contributed by atoms with Crippen molar-refractivity contribution in [2.24, 2.45) is 5.92 Å². The van der Waals surface area contributed by atoms with Gasteiger partial charge in [0.1, 0.15) is 0 Å². The monoisotopic (exact) mass is 325 g/mol. The van der Waals surface area contributed by atoms with Gasteiger partial charge in [0.15, 0.2) is 5.82 Å². The Labute approximate surface area is 133 Å². The van der Waals surface area contributed by atoms with E-state index in [0.29, 0.717) is 34.1 Å². The molecule has 21 heavy (non-hydrogen) atoms. The molecule has 1 aliphatic rings. The molecule has 1 aliphatic heterocycles. The summed E-state index contributed by atoms with van der Waals surface area (Å²) in [5.41, 5.74) is 1.02. The van der Waals surface area contributed by atoms with Gasteiger partial charge in [0.25, 0.3) is 0 Å². The summed E-state index contributed by atoms with van der Waals surface area (Å²) in [6.07, 6.45) is 2.96. The van der Waals surface area contributed by atoms with Crippen LogP contribution in [0.4, 0.5) is 0 Å². The topological polar surface area (TPSA) is 51.0 Å². The quantitative estimate of drug-likeness (QED) is 0.925. The SMILES string of the molecule is CC1CCCNC1c1nc(Cc2ccc(Cl)c(Cl)c2)no1. The van der Waals surface area contributed by atoms with Crippen molar-refractivity contribution in [3.63, 3.8) is 0 Å². The van der Waals surface area contributed by atoms with Gasteiger partial charge in [-0.25, -0.2) is 0 Å². The van der Waals surface area contributed by atoms with Crippen molar-refractivity contribution in [2.45, 2.75) is 32.2 Å². The number of hydrogen-bond acceptors (Lipinski definition) is 4. The maximum Gasteiger partial charge on any atom is 0.244 e. The number of halogens is 2. The predicted molar refractivity (Wildman–Crippen MR) is 82.7 cm³/mol. The maximum atomic E-state index is 6.02. The molecular weight excluding hydrogens is 309 g/mol. The largest absolute Gasteiger partial charge is 0.338 e. The minimum atomic E-state index is 0.161. The van der Waals surface area contributed by atoms with E-state index in [4.69, 9.17) is 27.7 Å². The fourth-order valence-corrected chi connectivity index (χ4v) is 3.00. The van der Waals surface area contributed by atoms with Gasteiger partial charge in [-0.2, -0.15) is 4.98 Å². The number of hydrogen-bond donors (Lipinski definition) is 1. The summed E-state index contributed by atoms with van der Waals surface area (Å²) in [4.78, 5) is 4.52. The van der Waals surface area contributed by atoms with Crippen molar-refractivity contribution in [1.29, 1.82) is 0 Å². The summed E-state index contributed by atoms with van der Waals surface area (Å²) in [5.74, 6) is 1.86. The highest BCUT2D eigenvalue weighted by Crippen LogP contribution is 2.28. The first-order valence-corrected chi connectivity index (χ1v) is 7.89. The smallest absolute Gasteiger partial charge is 0.244 e. The van der Waals surface area contributed by atoms with Crippen LogP contribution in [0.5, 0.6) is 0 Å². The van der Waals surface area contributed by atoms with Crippen LogP contribution in [0.15, 0.2) is 22.7 Å². The molecule has 1 fully saturated rings. The second-order valence-electron chi connectivity index (χ2n) is 5.53. The van der Waals surface area contributed by atoms with Gasteiger partial charge in [-0.15, -0.1) is 0 Å². The molecule has 1 saturated heterocycles. The lowest BCUT2D eigenvalue weighted by molar-refractivity contribution is 0.239. The molecule has 2 aromatic rings. The van der Waals surface area contributed by atoms with Crippen LogP contribution in [0.2, 0.25) is 10.0 Å². The molecule has 2 unspecified atom stereocenters. The zero-order valence-corrected chi connectivity index (χ0v) is 13.3. The van der Waals surface area contributed by atoms with Crippen molar-refractivity contribution < 1.29 is 4.52 Å². The van der Waals surface area contributed by atoms with E-state index in [1.54, 1.807) is 6.07 Å².